The van der Waals surface area contributed by atoms with E-state index >= 15 is 0 Å². The van der Waals surface area contributed by atoms with Crippen LogP contribution >= 0.6 is 22.7 Å². The summed E-state index contributed by atoms with van der Waals surface area (Å²) in [6.45, 7) is 0. The standard InChI is InChI=1S/C58H37NS2/c1-2-17-38(18-3-1)42-27-13-19-39-20-14-29-47(56(39)42)44-23-4-8-32-51(44)59(41-22-12-21-40(37-41)43-28-15-31-49-46-25-6-10-34-53(46)61-58(43)49)52-33-9-5-24-45(52)48-30-16-36-55-57(48)50-26-7-11-35-54(50)60-55/h1-37H. The lowest BCUT2D eigenvalue weighted by molar-refractivity contribution is 1.29. The van der Waals surface area contributed by atoms with Crippen molar-refractivity contribution in [1.29, 1.82) is 0 Å². The van der Waals surface area contributed by atoms with E-state index in [4.69, 9.17) is 0 Å². The van der Waals surface area contributed by atoms with Gasteiger partial charge in [-0.2, -0.15) is 0 Å². The zero-order valence-corrected chi connectivity index (χ0v) is 34.8. The maximum Gasteiger partial charge on any atom is 0.0540 e. The molecule has 0 unspecified atom stereocenters. The number of benzene rings is 10. The fourth-order valence-electron chi connectivity index (χ4n) is 9.41. The Morgan fingerprint density at radius 3 is 1.57 bits per heavy atom. The minimum atomic E-state index is 1.10. The van der Waals surface area contributed by atoms with Crippen LogP contribution in [0.4, 0.5) is 17.1 Å². The molecule has 61 heavy (non-hydrogen) atoms. The Morgan fingerprint density at radius 2 is 0.803 bits per heavy atom. The van der Waals surface area contributed by atoms with Crippen LogP contribution < -0.4 is 4.90 Å². The summed E-state index contributed by atoms with van der Waals surface area (Å²) in [6, 6.07) is 82.5. The molecule has 2 aromatic heterocycles. The van der Waals surface area contributed by atoms with Crippen molar-refractivity contribution in [2.24, 2.45) is 0 Å². The van der Waals surface area contributed by atoms with E-state index in [0.29, 0.717) is 0 Å². The number of para-hydroxylation sites is 2. The van der Waals surface area contributed by atoms with Gasteiger partial charge in [0.2, 0.25) is 0 Å². The molecule has 10 aromatic carbocycles. The highest BCUT2D eigenvalue weighted by atomic mass is 32.1. The normalized spacial score (nSPS) is 11.6. The van der Waals surface area contributed by atoms with Gasteiger partial charge >= 0.3 is 0 Å². The van der Waals surface area contributed by atoms with E-state index in [0.717, 1.165) is 17.1 Å². The summed E-state index contributed by atoms with van der Waals surface area (Å²) in [5.41, 5.74) is 13.0. The second-order valence-corrected chi connectivity index (χ2v) is 17.7. The summed E-state index contributed by atoms with van der Waals surface area (Å²) in [5.74, 6) is 0. The second-order valence-electron chi connectivity index (χ2n) is 15.6. The molecular formula is C58H37NS2. The number of anilines is 3. The Kier molecular flexibility index (Phi) is 8.62. The minimum absolute atomic E-state index is 1.10. The first-order valence-electron chi connectivity index (χ1n) is 20.8. The van der Waals surface area contributed by atoms with E-state index in [-0.39, 0.29) is 0 Å². The Labute approximate surface area is 362 Å². The zero-order chi connectivity index (χ0) is 40.3. The lowest BCUT2D eigenvalue weighted by Crippen LogP contribution is -2.12. The summed E-state index contributed by atoms with van der Waals surface area (Å²) in [4.78, 5) is 2.51. The van der Waals surface area contributed by atoms with Crippen LogP contribution in [0.1, 0.15) is 0 Å². The number of hydrogen-bond acceptors (Lipinski definition) is 3. The summed E-state index contributed by atoms with van der Waals surface area (Å²) < 4.78 is 5.22. The third-order valence-electron chi connectivity index (χ3n) is 12.1. The number of hydrogen-bond donors (Lipinski definition) is 0. The molecule has 286 valence electrons. The van der Waals surface area contributed by atoms with Gasteiger partial charge in [0, 0.05) is 57.2 Å². The van der Waals surface area contributed by atoms with E-state index in [1.165, 1.54) is 95.6 Å². The lowest BCUT2D eigenvalue weighted by atomic mass is 9.90. The number of nitrogens with zero attached hydrogens (tertiary/aromatic N) is 1. The third-order valence-corrected chi connectivity index (χ3v) is 14.4. The summed E-state index contributed by atoms with van der Waals surface area (Å²) >= 11 is 3.75. The van der Waals surface area contributed by atoms with Crippen molar-refractivity contribution in [3.8, 4) is 44.5 Å². The van der Waals surface area contributed by atoms with Gasteiger partial charge in [0.15, 0.2) is 0 Å². The van der Waals surface area contributed by atoms with Gasteiger partial charge in [-0.15, -0.1) is 22.7 Å². The average molecular weight is 812 g/mol. The maximum absolute atomic E-state index is 2.51. The first-order valence-corrected chi connectivity index (χ1v) is 22.4. The molecular weight excluding hydrogens is 775 g/mol. The van der Waals surface area contributed by atoms with Crippen LogP contribution in [0.25, 0.3) is 95.6 Å². The third kappa shape index (κ3) is 5.96. The van der Waals surface area contributed by atoms with Crippen LogP contribution in [0.15, 0.2) is 224 Å². The predicted molar refractivity (Wildman–Crippen MR) is 266 cm³/mol. The van der Waals surface area contributed by atoms with Gasteiger partial charge in [0.1, 0.15) is 0 Å². The van der Waals surface area contributed by atoms with E-state index < -0.39 is 0 Å². The molecule has 0 aliphatic heterocycles. The number of fused-ring (bicyclic) bond motifs is 7. The Hall–Kier alpha value is -7.30. The van der Waals surface area contributed by atoms with E-state index in [9.17, 15) is 0 Å². The van der Waals surface area contributed by atoms with Gasteiger partial charge < -0.3 is 4.90 Å². The molecule has 0 saturated carbocycles. The monoisotopic (exact) mass is 811 g/mol. The fraction of sp³-hybridized carbons (Fsp3) is 0. The molecule has 0 aliphatic carbocycles. The molecule has 0 atom stereocenters. The molecule has 0 amide bonds. The van der Waals surface area contributed by atoms with Crippen LogP contribution in [0.2, 0.25) is 0 Å². The lowest BCUT2D eigenvalue weighted by Gasteiger charge is -2.30. The van der Waals surface area contributed by atoms with E-state index in [1.807, 2.05) is 22.7 Å². The van der Waals surface area contributed by atoms with Crippen LogP contribution in [0, 0.1) is 0 Å². The van der Waals surface area contributed by atoms with Crippen molar-refractivity contribution >= 4 is 90.9 Å². The highest BCUT2D eigenvalue weighted by Gasteiger charge is 2.24. The smallest absolute Gasteiger partial charge is 0.0540 e. The van der Waals surface area contributed by atoms with E-state index in [2.05, 4.69) is 229 Å². The molecule has 0 saturated heterocycles. The molecule has 0 bridgehead atoms. The SMILES string of the molecule is c1ccc(-c2cccc3cccc(-c4ccccc4N(c4cccc(-c5cccc6c5sc5ccccc56)c4)c4ccccc4-c4cccc5sc6ccccc6c45)c23)cc1. The predicted octanol–water partition coefficient (Wildman–Crippen LogP) is 17.7. The largest absolute Gasteiger partial charge is 0.309 e. The molecule has 2 heterocycles. The summed E-state index contributed by atoms with van der Waals surface area (Å²) in [6.07, 6.45) is 0. The second kappa shape index (κ2) is 14.8. The molecule has 3 heteroatoms. The van der Waals surface area contributed by atoms with Crippen molar-refractivity contribution in [1.82, 2.24) is 0 Å². The maximum atomic E-state index is 2.51. The Morgan fingerprint density at radius 1 is 0.295 bits per heavy atom. The average Bonchev–Trinajstić information content (AvgIpc) is 3.91. The van der Waals surface area contributed by atoms with E-state index in [1.54, 1.807) is 0 Å². The molecule has 0 radical (unpaired) electrons. The molecule has 12 rings (SSSR count). The van der Waals surface area contributed by atoms with Crippen LogP contribution in [0.5, 0.6) is 0 Å². The molecule has 1 nitrogen and oxygen atoms in total. The first kappa shape index (κ1) is 35.6. The van der Waals surface area contributed by atoms with Gasteiger partial charge in [-0.05, 0) is 86.6 Å². The molecule has 0 N–H and O–H groups in total. The topological polar surface area (TPSA) is 3.24 Å². The van der Waals surface area contributed by atoms with Gasteiger partial charge in [0.05, 0.1) is 11.4 Å². The Balaban J connectivity index is 1.13. The molecule has 0 aliphatic rings. The van der Waals surface area contributed by atoms with Crippen molar-refractivity contribution in [3.05, 3.63) is 224 Å². The van der Waals surface area contributed by atoms with Gasteiger partial charge in [-0.1, -0.05) is 182 Å². The Bertz CT molecular complexity index is 3610. The van der Waals surface area contributed by atoms with Gasteiger partial charge in [-0.3, -0.25) is 0 Å². The molecule has 0 fully saturated rings. The molecule has 0 spiro atoms. The summed E-state index contributed by atoms with van der Waals surface area (Å²) in [5, 5.41) is 7.67. The van der Waals surface area contributed by atoms with Crippen molar-refractivity contribution in [3.63, 3.8) is 0 Å². The fourth-order valence-corrected chi connectivity index (χ4v) is 11.8. The van der Waals surface area contributed by atoms with Gasteiger partial charge in [0.25, 0.3) is 0 Å². The van der Waals surface area contributed by atoms with Crippen molar-refractivity contribution in [2.75, 3.05) is 4.90 Å². The minimum Gasteiger partial charge on any atom is -0.309 e. The highest BCUT2D eigenvalue weighted by Crippen LogP contribution is 2.50. The molecule has 12 aromatic rings. The number of thiophene rings is 2. The highest BCUT2D eigenvalue weighted by molar-refractivity contribution is 7.26. The zero-order valence-electron chi connectivity index (χ0n) is 33.1. The van der Waals surface area contributed by atoms with Crippen LogP contribution in [0.3, 0.4) is 0 Å². The first-order chi connectivity index (χ1) is 30.3. The summed E-state index contributed by atoms with van der Waals surface area (Å²) in [7, 11) is 0. The van der Waals surface area contributed by atoms with Crippen LogP contribution in [-0.2, 0) is 0 Å². The van der Waals surface area contributed by atoms with Crippen molar-refractivity contribution < 1.29 is 0 Å². The van der Waals surface area contributed by atoms with Crippen molar-refractivity contribution in [2.45, 2.75) is 0 Å². The number of rotatable bonds is 7. The van der Waals surface area contributed by atoms with Gasteiger partial charge in [-0.25, -0.2) is 0 Å². The quantitative estimate of drug-likeness (QED) is 0.155. The van der Waals surface area contributed by atoms with Crippen LogP contribution in [-0.4, -0.2) is 0 Å².